The third-order valence-corrected chi connectivity index (χ3v) is 6.29. The number of rotatable bonds is 3. The number of aliphatic hydroxyl groups is 1. The summed E-state index contributed by atoms with van der Waals surface area (Å²) in [5, 5.41) is 8.77. The van der Waals surface area contributed by atoms with Crippen LogP contribution in [0.15, 0.2) is 0 Å². The number of hydrogen-bond donors (Lipinski definition) is 1. The molecule has 5 heteroatoms. The highest BCUT2D eigenvalue weighted by Gasteiger charge is 2.38. The maximum atomic E-state index is 11.8. The van der Waals surface area contributed by atoms with E-state index in [0.717, 1.165) is 12.8 Å². The van der Waals surface area contributed by atoms with E-state index in [1.54, 1.807) is 4.31 Å². The van der Waals surface area contributed by atoms with Gasteiger partial charge in [-0.2, -0.15) is 0 Å². The number of piperidine rings is 1. The Bertz CT molecular complexity index is 337. The molecular formula is C12H23NO3S. The lowest BCUT2D eigenvalue weighted by atomic mass is 9.68. The summed E-state index contributed by atoms with van der Waals surface area (Å²) in [7, 11) is -3.21. The molecule has 0 amide bonds. The Balaban J connectivity index is 1.93. The Morgan fingerprint density at radius 3 is 2.12 bits per heavy atom. The quantitative estimate of drug-likeness (QED) is 0.834. The molecule has 0 aromatic heterocycles. The second-order valence-electron chi connectivity index (χ2n) is 5.50. The van der Waals surface area contributed by atoms with Gasteiger partial charge in [-0.25, -0.2) is 12.7 Å². The van der Waals surface area contributed by atoms with Gasteiger partial charge in [-0.3, -0.25) is 0 Å². The van der Waals surface area contributed by atoms with Crippen molar-refractivity contribution in [3.05, 3.63) is 0 Å². The van der Waals surface area contributed by atoms with Crippen LogP contribution in [0, 0.1) is 5.41 Å². The first-order valence-corrected chi connectivity index (χ1v) is 8.28. The average molecular weight is 261 g/mol. The molecule has 0 aromatic rings. The first-order chi connectivity index (χ1) is 8.08. The normalized spacial score (nSPS) is 26.2. The van der Waals surface area contributed by atoms with Gasteiger partial charge in [0.25, 0.3) is 0 Å². The molecule has 1 saturated heterocycles. The summed E-state index contributed by atoms with van der Waals surface area (Å²) in [6.45, 7) is 1.04. The molecule has 0 unspecified atom stereocenters. The highest BCUT2D eigenvalue weighted by molar-refractivity contribution is 7.89. The van der Waals surface area contributed by atoms with Crippen molar-refractivity contribution in [1.82, 2.24) is 4.31 Å². The number of sulfonamides is 1. The summed E-state index contributed by atoms with van der Waals surface area (Å²) in [6, 6.07) is 0. The van der Waals surface area contributed by atoms with E-state index in [0.29, 0.717) is 18.5 Å². The van der Waals surface area contributed by atoms with E-state index in [2.05, 4.69) is 0 Å². The molecule has 1 spiro atoms. The molecule has 2 aliphatic rings. The maximum absolute atomic E-state index is 11.8. The van der Waals surface area contributed by atoms with Crippen LogP contribution in [0.5, 0.6) is 0 Å². The van der Waals surface area contributed by atoms with Gasteiger partial charge in [0.15, 0.2) is 0 Å². The maximum Gasteiger partial charge on any atom is 0.216 e. The first-order valence-electron chi connectivity index (χ1n) is 6.67. The third kappa shape index (κ3) is 3.01. The first kappa shape index (κ1) is 13.3. The van der Waals surface area contributed by atoms with Gasteiger partial charge in [-0.05, 0) is 31.1 Å². The summed E-state index contributed by atoms with van der Waals surface area (Å²) in [6.07, 6.45) is 8.54. The van der Waals surface area contributed by atoms with E-state index >= 15 is 0 Å². The van der Waals surface area contributed by atoms with Gasteiger partial charge in [0.2, 0.25) is 10.0 Å². The predicted octanol–water partition coefficient (Wildman–Crippen LogP) is 1.35. The molecule has 2 fully saturated rings. The molecule has 17 heavy (non-hydrogen) atoms. The minimum absolute atomic E-state index is 0.125. The molecule has 1 heterocycles. The van der Waals surface area contributed by atoms with Crippen LogP contribution < -0.4 is 0 Å². The molecule has 1 N–H and O–H groups in total. The van der Waals surface area contributed by atoms with Gasteiger partial charge in [0.05, 0.1) is 12.4 Å². The smallest absolute Gasteiger partial charge is 0.216 e. The van der Waals surface area contributed by atoms with Crippen LogP contribution >= 0.6 is 0 Å². The largest absolute Gasteiger partial charge is 0.395 e. The van der Waals surface area contributed by atoms with E-state index < -0.39 is 10.0 Å². The van der Waals surface area contributed by atoms with Crippen molar-refractivity contribution < 1.29 is 13.5 Å². The van der Waals surface area contributed by atoms with Gasteiger partial charge in [0.1, 0.15) is 0 Å². The molecule has 0 bridgehead atoms. The van der Waals surface area contributed by atoms with Gasteiger partial charge < -0.3 is 5.11 Å². The van der Waals surface area contributed by atoms with Crippen LogP contribution in [0.3, 0.4) is 0 Å². The fourth-order valence-corrected chi connectivity index (χ4v) is 4.51. The van der Waals surface area contributed by atoms with Crippen LogP contribution in [-0.2, 0) is 10.0 Å². The fraction of sp³-hybridized carbons (Fsp3) is 1.00. The van der Waals surface area contributed by atoms with Crippen LogP contribution in [-0.4, -0.2) is 43.3 Å². The summed E-state index contributed by atoms with van der Waals surface area (Å²) < 4.78 is 25.2. The van der Waals surface area contributed by atoms with Gasteiger partial charge in [-0.1, -0.05) is 19.3 Å². The SMILES string of the molecule is O=S(=O)(CCO)N1CCC2(CCCCC2)CC1. The second-order valence-corrected chi connectivity index (χ2v) is 7.59. The van der Waals surface area contributed by atoms with Crippen molar-refractivity contribution in [2.45, 2.75) is 44.9 Å². The lowest BCUT2D eigenvalue weighted by Gasteiger charge is -2.43. The minimum Gasteiger partial charge on any atom is -0.395 e. The number of aliphatic hydroxyl groups excluding tert-OH is 1. The van der Waals surface area contributed by atoms with Gasteiger partial charge in [0, 0.05) is 13.1 Å². The van der Waals surface area contributed by atoms with Gasteiger partial charge >= 0.3 is 0 Å². The molecule has 4 nitrogen and oxygen atoms in total. The zero-order valence-corrected chi connectivity index (χ0v) is 11.2. The lowest BCUT2D eigenvalue weighted by Crippen LogP contribution is -2.44. The molecule has 100 valence electrons. The molecule has 1 saturated carbocycles. The molecule has 0 radical (unpaired) electrons. The van der Waals surface area contributed by atoms with Crippen molar-refractivity contribution in [1.29, 1.82) is 0 Å². The van der Waals surface area contributed by atoms with E-state index in [1.807, 2.05) is 0 Å². The number of nitrogens with zero attached hydrogens (tertiary/aromatic N) is 1. The number of hydrogen-bond acceptors (Lipinski definition) is 3. The van der Waals surface area contributed by atoms with Crippen molar-refractivity contribution in [3.8, 4) is 0 Å². The Morgan fingerprint density at radius 1 is 1.00 bits per heavy atom. The van der Waals surface area contributed by atoms with E-state index in [-0.39, 0.29) is 12.4 Å². The Kier molecular flexibility index (Phi) is 4.10. The van der Waals surface area contributed by atoms with Gasteiger partial charge in [-0.15, -0.1) is 0 Å². The van der Waals surface area contributed by atoms with Crippen molar-refractivity contribution in [3.63, 3.8) is 0 Å². The molecule has 1 aliphatic heterocycles. The Hall–Kier alpha value is -0.130. The molecule has 0 atom stereocenters. The zero-order valence-electron chi connectivity index (χ0n) is 10.4. The lowest BCUT2D eigenvalue weighted by molar-refractivity contribution is 0.102. The predicted molar refractivity (Wildman–Crippen MR) is 67.2 cm³/mol. The van der Waals surface area contributed by atoms with Crippen molar-refractivity contribution in [2.75, 3.05) is 25.4 Å². The van der Waals surface area contributed by atoms with Crippen molar-refractivity contribution >= 4 is 10.0 Å². The van der Waals surface area contributed by atoms with Crippen LogP contribution in [0.25, 0.3) is 0 Å². The molecule has 1 aliphatic carbocycles. The van der Waals surface area contributed by atoms with E-state index in [9.17, 15) is 8.42 Å². The van der Waals surface area contributed by atoms with Crippen molar-refractivity contribution in [2.24, 2.45) is 5.41 Å². The molecule has 2 rings (SSSR count). The highest BCUT2D eigenvalue weighted by Crippen LogP contribution is 2.44. The fourth-order valence-electron chi connectivity index (χ4n) is 3.28. The van der Waals surface area contributed by atoms with E-state index in [4.69, 9.17) is 5.11 Å². The third-order valence-electron chi connectivity index (χ3n) is 4.44. The zero-order chi connectivity index (χ0) is 12.4. The Labute approximate surface area is 104 Å². The van der Waals surface area contributed by atoms with E-state index in [1.165, 1.54) is 32.1 Å². The molecule has 0 aromatic carbocycles. The summed E-state index contributed by atoms with van der Waals surface area (Å²) in [5.74, 6) is -0.125. The standard InChI is InChI=1S/C12H23NO3S/c14-10-11-17(15,16)13-8-6-12(7-9-13)4-2-1-3-5-12/h14H,1-11H2. The Morgan fingerprint density at radius 2 is 1.59 bits per heavy atom. The topological polar surface area (TPSA) is 57.6 Å². The molecular weight excluding hydrogens is 238 g/mol. The highest BCUT2D eigenvalue weighted by atomic mass is 32.2. The summed E-state index contributed by atoms with van der Waals surface area (Å²) in [4.78, 5) is 0. The van der Waals surface area contributed by atoms with Crippen LogP contribution in [0.1, 0.15) is 44.9 Å². The minimum atomic E-state index is -3.21. The monoisotopic (exact) mass is 261 g/mol. The second kappa shape index (κ2) is 5.24. The summed E-state index contributed by atoms with van der Waals surface area (Å²) in [5.41, 5.74) is 0.434. The summed E-state index contributed by atoms with van der Waals surface area (Å²) >= 11 is 0. The average Bonchev–Trinajstić information content (AvgIpc) is 2.30. The van der Waals surface area contributed by atoms with Crippen LogP contribution in [0.2, 0.25) is 0 Å². The van der Waals surface area contributed by atoms with Crippen LogP contribution in [0.4, 0.5) is 0 Å².